The lowest BCUT2D eigenvalue weighted by Crippen LogP contribution is -2.03. The molecule has 2 rings (SSSR count). The fourth-order valence-corrected chi connectivity index (χ4v) is 1.45. The number of aryl methyl sites for hydroxylation is 2. The van der Waals surface area contributed by atoms with E-state index in [0.717, 1.165) is 11.4 Å². The van der Waals surface area contributed by atoms with Gasteiger partial charge in [-0.15, -0.1) is 12.4 Å². The van der Waals surface area contributed by atoms with Gasteiger partial charge in [-0.3, -0.25) is 4.68 Å². The van der Waals surface area contributed by atoms with E-state index in [9.17, 15) is 4.39 Å². The molecule has 0 fully saturated rings. The van der Waals surface area contributed by atoms with Gasteiger partial charge in [0.15, 0.2) is 0 Å². The summed E-state index contributed by atoms with van der Waals surface area (Å²) in [4.78, 5) is 0. The molecule has 0 amide bonds. The van der Waals surface area contributed by atoms with Gasteiger partial charge in [0.25, 0.3) is 0 Å². The Morgan fingerprint density at radius 1 is 1.24 bits per heavy atom. The zero-order valence-electron chi connectivity index (χ0n) is 9.94. The van der Waals surface area contributed by atoms with E-state index in [4.69, 9.17) is 0 Å². The molecule has 1 N–H and O–H groups in total. The van der Waals surface area contributed by atoms with Crippen molar-refractivity contribution in [1.82, 2.24) is 19.6 Å². The Bertz CT molecular complexity index is 459. The van der Waals surface area contributed by atoms with Gasteiger partial charge in [0.1, 0.15) is 0 Å². The number of anilines is 1. The molecule has 0 saturated heterocycles. The Labute approximate surface area is 105 Å². The molecule has 0 bridgehead atoms. The van der Waals surface area contributed by atoms with E-state index < -0.39 is 0 Å². The molecule has 5 nitrogen and oxygen atoms in total. The van der Waals surface area contributed by atoms with Gasteiger partial charge < -0.3 is 5.32 Å². The van der Waals surface area contributed by atoms with Crippen molar-refractivity contribution in [2.45, 2.75) is 13.5 Å². The zero-order valence-corrected chi connectivity index (χ0v) is 10.8. The summed E-state index contributed by atoms with van der Waals surface area (Å²) >= 11 is 0. The summed E-state index contributed by atoms with van der Waals surface area (Å²) in [5, 5.41) is 11.1. The Kier molecular flexibility index (Phi) is 4.11. The fraction of sp³-hybridized carbons (Fsp3) is 0.400. The van der Waals surface area contributed by atoms with Gasteiger partial charge in [-0.2, -0.15) is 14.6 Å². The summed E-state index contributed by atoms with van der Waals surface area (Å²) in [7, 11) is 3.44. The highest BCUT2D eigenvalue weighted by Gasteiger charge is 2.08. The quantitative estimate of drug-likeness (QED) is 0.912. The molecule has 17 heavy (non-hydrogen) atoms. The zero-order chi connectivity index (χ0) is 11.7. The maximum Gasteiger partial charge on any atom is 0.216 e. The fourth-order valence-electron chi connectivity index (χ4n) is 1.45. The second kappa shape index (κ2) is 5.18. The molecule has 2 aromatic heterocycles. The predicted molar refractivity (Wildman–Crippen MR) is 65.7 cm³/mol. The Hall–Kier alpha value is -1.56. The molecule has 0 radical (unpaired) electrons. The second-order valence-corrected chi connectivity index (χ2v) is 3.71. The second-order valence-electron chi connectivity index (χ2n) is 3.71. The molecule has 0 aromatic carbocycles. The van der Waals surface area contributed by atoms with Crippen LogP contribution in [0.4, 0.5) is 10.1 Å². The van der Waals surface area contributed by atoms with E-state index in [-0.39, 0.29) is 18.4 Å². The first-order valence-corrected chi connectivity index (χ1v) is 4.98. The van der Waals surface area contributed by atoms with Crippen molar-refractivity contribution in [3.8, 4) is 0 Å². The van der Waals surface area contributed by atoms with Crippen LogP contribution in [0.15, 0.2) is 12.4 Å². The molecule has 2 aromatic rings. The first-order chi connectivity index (χ1) is 7.59. The SMILES string of the molecule is Cc1c(NCc2cnn(C)c2F)cnn1C.Cl. The lowest BCUT2D eigenvalue weighted by molar-refractivity contribution is 0.496. The van der Waals surface area contributed by atoms with Crippen LogP contribution in [0.5, 0.6) is 0 Å². The van der Waals surface area contributed by atoms with E-state index in [2.05, 4.69) is 15.5 Å². The average molecular weight is 260 g/mol. The van der Waals surface area contributed by atoms with Crippen molar-refractivity contribution >= 4 is 18.1 Å². The molecule has 0 spiro atoms. The molecule has 0 unspecified atom stereocenters. The Balaban J connectivity index is 0.00000144. The topological polar surface area (TPSA) is 47.7 Å². The van der Waals surface area contributed by atoms with Gasteiger partial charge in [-0.1, -0.05) is 0 Å². The average Bonchev–Trinajstić information content (AvgIpc) is 2.74. The van der Waals surface area contributed by atoms with Crippen LogP contribution in [-0.4, -0.2) is 19.6 Å². The van der Waals surface area contributed by atoms with Crippen molar-refractivity contribution in [3.63, 3.8) is 0 Å². The van der Waals surface area contributed by atoms with E-state index in [0.29, 0.717) is 12.1 Å². The maximum absolute atomic E-state index is 13.4. The van der Waals surface area contributed by atoms with Crippen LogP contribution in [0.1, 0.15) is 11.3 Å². The highest BCUT2D eigenvalue weighted by atomic mass is 35.5. The van der Waals surface area contributed by atoms with Crippen LogP contribution in [-0.2, 0) is 20.6 Å². The van der Waals surface area contributed by atoms with Crippen LogP contribution < -0.4 is 5.32 Å². The van der Waals surface area contributed by atoms with Crippen molar-refractivity contribution in [1.29, 1.82) is 0 Å². The first kappa shape index (κ1) is 13.5. The van der Waals surface area contributed by atoms with Gasteiger partial charge in [0.05, 0.1) is 23.8 Å². The standard InChI is InChI=1S/C10H14FN5.ClH/c1-7-9(6-14-15(7)2)12-4-8-5-13-16(3)10(8)11;/h5-6,12H,4H2,1-3H3;1H. The molecular formula is C10H15ClFN5. The summed E-state index contributed by atoms with van der Waals surface area (Å²) in [6.07, 6.45) is 3.25. The van der Waals surface area contributed by atoms with E-state index in [1.807, 2.05) is 14.0 Å². The minimum atomic E-state index is -0.311. The monoisotopic (exact) mass is 259 g/mol. The molecule has 7 heteroatoms. The summed E-state index contributed by atoms with van der Waals surface area (Å²) in [6, 6.07) is 0. The Morgan fingerprint density at radius 3 is 2.35 bits per heavy atom. The van der Waals surface area contributed by atoms with Gasteiger partial charge >= 0.3 is 0 Å². The minimum Gasteiger partial charge on any atom is -0.378 e. The first-order valence-electron chi connectivity index (χ1n) is 4.98. The highest BCUT2D eigenvalue weighted by molar-refractivity contribution is 5.85. The van der Waals surface area contributed by atoms with Gasteiger partial charge in [0.2, 0.25) is 5.95 Å². The molecule has 0 atom stereocenters. The highest BCUT2D eigenvalue weighted by Crippen LogP contribution is 2.14. The molecular weight excluding hydrogens is 245 g/mol. The van der Waals surface area contributed by atoms with Gasteiger partial charge in [-0.25, -0.2) is 4.68 Å². The lowest BCUT2D eigenvalue weighted by atomic mass is 10.3. The summed E-state index contributed by atoms with van der Waals surface area (Å²) in [5.74, 6) is -0.311. The number of nitrogens with one attached hydrogen (secondary N) is 1. The largest absolute Gasteiger partial charge is 0.378 e. The summed E-state index contributed by atoms with van der Waals surface area (Å²) in [6.45, 7) is 2.36. The predicted octanol–water partition coefficient (Wildman–Crippen LogP) is 1.64. The Morgan fingerprint density at radius 2 is 1.88 bits per heavy atom. The third kappa shape index (κ3) is 2.58. The van der Waals surface area contributed by atoms with E-state index in [1.165, 1.54) is 10.9 Å². The molecule has 0 aliphatic rings. The number of rotatable bonds is 3. The van der Waals surface area contributed by atoms with Crippen molar-refractivity contribution < 1.29 is 4.39 Å². The normalized spacial score (nSPS) is 10.1. The molecule has 0 aliphatic heterocycles. The van der Waals surface area contributed by atoms with Gasteiger partial charge in [0, 0.05) is 26.2 Å². The van der Waals surface area contributed by atoms with Gasteiger partial charge in [-0.05, 0) is 6.92 Å². The van der Waals surface area contributed by atoms with Crippen LogP contribution in [0.2, 0.25) is 0 Å². The third-order valence-corrected chi connectivity index (χ3v) is 2.64. The van der Waals surface area contributed by atoms with Crippen LogP contribution >= 0.6 is 12.4 Å². The van der Waals surface area contributed by atoms with Crippen molar-refractivity contribution in [2.24, 2.45) is 14.1 Å². The summed E-state index contributed by atoms with van der Waals surface area (Å²) in [5.41, 5.74) is 2.47. The number of aromatic nitrogens is 4. The number of halogens is 2. The van der Waals surface area contributed by atoms with E-state index >= 15 is 0 Å². The molecule has 0 aliphatic carbocycles. The third-order valence-electron chi connectivity index (χ3n) is 2.64. The van der Waals surface area contributed by atoms with Crippen molar-refractivity contribution in [3.05, 3.63) is 29.6 Å². The minimum absolute atomic E-state index is 0. The molecule has 94 valence electrons. The van der Waals surface area contributed by atoms with Crippen LogP contribution in [0.25, 0.3) is 0 Å². The number of nitrogens with zero attached hydrogens (tertiary/aromatic N) is 4. The smallest absolute Gasteiger partial charge is 0.216 e. The summed E-state index contributed by atoms with van der Waals surface area (Å²) < 4.78 is 16.4. The van der Waals surface area contributed by atoms with E-state index in [1.54, 1.807) is 17.9 Å². The lowest BCUT2D eigenvalue weighted by Gasteiger charge is -2.03. The van der Waals surface area contributed by atoms with Crippen LogP contribution in [0.3, 0.4) is 0 Å². The molecule has 2 heterocycles. The molecule has 0 saturated carbocycles. The maximum atomic E-state index is 13.4. The van der Waals surface area contributed by atoms with Crippen molar-refractivity contribution in [2.75, 3.05) is 5.32 Å². The van der Waals surface area contributed by atoms with Crippen LogP contribution in [0, 0.1) is 12.9 Å². The number of hydrogen-bond donors (Lipinski definition) is 1. The number of hydrogen-bond acceptors (Lipinski definition) is 3.